The lowest BCUT2D eigenvalue weighted by molar-refractivity contribution is 0.0975. The number of hydrogen-bond acceptors (Lipinski definition) is 3. The maximum atomic E-state index is 13.5. The van der Waals surface area contributed by atoms with Gasteiger partial charge in [-0.2, -0.15) is 5.26 Å². The van der Waals surface area contributed by atoms with Gasteiger partial charge in [-0.05, 0) is 23.6 Å². The van der Waals surface area contributed by atoms with E-state index in [0.717, 1.165) is 6.07 Å². The number of hydrogen-bond donors (Lipinski definition) is 0. The van der Waals surface area contributed by atoms with Crippen LogP contribution in [0.4, 0.5) is 8.78 Å². The molecule has 0 spiro atoms. The van der Waals surface area contributed by atoms with Crippen molar-refractivity contribution < 1.29 is 13.6 Å². The molecule has 1 aromatic carbocycles. The predicted octanol–water partition coefficient (Wildman–Crippen LogP) is 3.52. The molecule has 0 saturated heterocycles. The van der Waals surface area contributed by atoms with Crippen molar-refractivity contribution in [2.45, 2.75) is 5.92 Å². The average molecular weight is 263 g/mol. The first-order valence-corrected chi connectivity index (χ1v) is 5.94. The van der Waals surface area contributed by atoms with Crippen molar-refractivity contribution in [3.8, 4) is 6.07 Å². The molecule has 0 aliphatic carbocycles. The van der Waals surface area contributed by atoms with Crippen LogP contribution in [-0.2, 0) is 0 Å². The number of Topliss-reactive ketones (excluding diaryl/α,β-unsaturated/α-hetero) is 1. The van der Waals surface area contributed by atoms with Gasteiger partial charge in [0.2, 0.25) is 0 Å². The maximum absolute atomic E-state index is 13.5. The van der Waals surface area contributed by atoms with E-state index >= 15 is 0 Å². The lowest BCUT2D eigenvalue weighted by atomic mass is 9.97. The Labute approximate surface area is 106 Å². The molecule has 1 atom stereocenters. The molecule has 1 unspecified atom stereocenters. The number of thiophene rings is 1. The molecule has 0 radical (unpaired) electrons. The van der Waals surface area contributed by atoms with E-state index in [9.17, 15) is 13.6 Å². The van der Waals surface area contributed by atoms with Crippen LogP contribution in [0.2, 0.25) is 0 Å². The lowest BCUT2D eigenvalue weighted by Gasteiger charge is -2.07. The number of nitrogens with zero attached hydrogens (tertiary/aromatic N) is 1. The van der Waals surface area contributed by atoms with Gasteiger partial charge in [0.05, 0.1) is 11.6 Å². The van der Waals surface area contributed by atoms with Gasteiger partial charge in [0.1, 0.15) is 5.92 Å². The summed E-state index contributed by atoms with van der Waals surface area (Å²) >= 11 is 1.23. The van der Waals surface area contributed by atoms with Gasteiger partial charge in [-0.15, -0.1) is 11.3 Å². The fraction of sp³-hybridized carbons (Fsp3) is 0.0769. The van der Waals surface area contributed by atoms with Crippen molar-refractivity contribution in [3.05, 3.63) is 57.8 Å². The van der Waals surface area contributed by atoms with E-state index in [4.69, 9.17) is 5.26 Å². The van der Waals surface area contributed by atoms with Gasteiger partial charge in [-0.3, -0.25) is 4.79 Å². The second-order valence-electron chi connectivity index (χ2n) is 3.54. The van der Waals surface area contributed by atoms with Crippen molar-refractivity contribution >= 4 is 17.1 Å². The van der Waals surface area contributed by atoms with Crippen LogP contribution in [0.15, 0.2) is 35.7 Å². The average Bonchev–Trinajstić information content (AvgIpc) is 2.87. The smallest absolute Gasteiger partial charge is 0.188 e. The number of rotatable bonds is 3. The number of halogens is 2. The van der Waals surface area contributed by atoms with Gasteiger partial charge < -0.3 is 0 Å². The van der Waals surface area contributed by atoms with Crippen LogP contribution >= 0.6 is 11.3 Å². The normalized spacial score (nSPS) is 11.8. The zero-order valence-corrected chi connectivity index (χ0v) is 9.88. The third-order valence-corrected chi connectivity index (χ3v) is 3.37. The second kappa shape index (κ2) is 5.07. The number of nitriles is 1. The van der Waals surface area contributed by atoms with E-state index in [2.05, 4.69) is 0 Å². The molecule has 1 heterocycles. The van der Waals surface area contributed by atoms with Crippen molar-refractivity contribution in [1.82, 2.24) is 0 Å². The zero-order valence-electron chi connectivity index (χ0n) is 9.06. The molecule has 90 valence electrons. The highest BCUT2D eigenvalue weighted by Gasteiger charge is 2.26. The van der Waals surface area contributed by atoms with E-state index < -0.39 is 28.9 Å². The molecule has 18 heavy (non-hydrogen) atoms. The van der Waals surface area contributed by atoms with Crippen LogP contribution in [0.25, 0.3) is 0 Å². The van der Waals surface area contributed by atoms with Gasteiger partial charge in [0, 0.05) is 4.88 Å². The SMILES string of the molecule is N#CC(C(=O)c1cccc(F)c1F)c1cccs1. The summed E-state index contributed by atoms with van der Waals surface area (Å²) in [6.45, 7) is 0. The van der Waals surface area contributed by atoms with E-state index in [1.807, 2.05) is 6.07 Å². The Bertz CT molecular complexity index is 616. The molecule has 2 aromatic rings. The van der Waals surface area contributed by atoms with Gasteiger partial charge in [0.25, 0.3) is 0 Å². The predicted molar refractivity (Wildman–Crippen MR) is 63.4 cm³/mol. The molecule has 0 amide bonds. The van der Waals surface area contributed by atoms with Gasteiger partial charge in [-0.25, -0.2) is 8.78 Å². The summed E-state index contributed by atoms with van der Waals surface area (Å²) in [5.41, 5.74) is -0.394. The number of carbonyl (C=O) groups is 1. The Morgan fingerprint density at radius 3 is 2.67 bits per heavy atom. The highest BCUT2D eigenvalue weighted by molar-refractivity contribution is 7.10. The van der Waals surface area contributed by atoms with Crippen LogP contribution in [0.1, 0.15) is 21.2 Å². The standard InChI is InChI=1S/C13H7F2NOS/c14-10-4-1-3-8(12(10)15)13(17)9(7-16)11-5-2-6-18-11/h1-6,9H. The van der Waals surface area contributed by atoms with Crippen LogP contribution in [-0.4, -0.2) is 5.78 Å². The molecule has 0 saturated carbocycles. The number of carbonyl (C=O) groups excluding carboxylic acids is 1. The molecule has 0 bridgehead atoms. The van der Waals surface area contributed by atoms with E-state index in [0.29, 0.717) is 4.88 Å². The van der Waals surface area contributed by atoms with Gasteiger partial charge >= 0.3 is 0 Å². The van der Waals surface area contributed by atoms with Crippen molar-refractivity contribution in [1.29, 1.82) is 5.26 Å². The molecule has 2 rings (SSSR count). The Hall–Kier alpha value is -2.06. The summed E-state index contributed by atoms with van der Waals surface area (Å²) in [6, 6.07) is 8.49. The van der Waals surface area contributed by atoms with E-state index in [-0.39, 0.29) is 0 Å². The molecule has 5 heteroatoms. The fourth-order valence-electron chi connectivity index (χ4n) is 1.56. The largest absolute Gasteiger partial charge is 0.292 e. The first-order valence-electron chi connectivity index (χ1n) is 5.06. The zero-order chi connectivity index (χ0) is 13.1. The molecular formula is C13H7F2NOS. The Balaban J connectivity index is 2.42. The van der Waals surface area contributed by atoms with Crippen LogP contribution in [0.3, 0.4) is 0 Å². The molecule has 0 fully saturated rings. The number of ketones is 1. The maximum Gasteiger partial charge on any atom is 0.188 e. The lowest BCUT2D eigenvalue weighted by Crippen LogP contribution is -2.12. The summed E-state index contributed by atoms with van der Waals surface area (Å²) < 4.78 is 26.5. The monoisotopic (exact) mass is 263 g/mol. The molecule has 1 aromatic heterocycles. The van der Waals surface area contributed by atoms with Crippen LogP contribution < -0.4 is 0 Å². The molecule has 0 N–H and O–H groups in total. The minimum Gasteiger partial charge on any atom is -0.292 e. The highest BCUT2D eigenvalue weighted by atomic mass is 32.1. The van der Waals surface area contributed by atoms with Crippen molar-refractivity contribution in [3.63, 3.8) is 0 Å². The first-order chi connectivity index (χ1) is 8.65. The van der Waals surface area contributed by atoms with Crippen molar-refractivity contribution in [2.24, 2.45) is 0 Å². The van der Waals surface area contributed by atoms with Gasteiger partial charge in [-0.1, -0.05) is 12.1 Å². The summed E-state index contributed by atoms with van der Waals surface area (Å²) in [5.74, 6) is -4.12. The van der Waals surface area contributed by atoms with E-state index in [1.165, 1.54) is 23.5 Å². The number of benzene rings is 1. The second-order valence-corrected chi connectivity index (χ2v) is 4.52. The van der Waals surface area contributed by atoms with E-state index in [1.54, 1.807) is 17.5 Å². The molecule has 0 aliphatic heterocycles. The Morgan fingerprint density at radius 2 is 2.06 bits per heavy atom. The third kappa shape index (κ3) is 2.15. The summed E-state index contributed by atoms with van der Waals surface area (Å²) in [6.07, 6.45) is 0. The van der Waals surface area contributed by atoms with Crippen LogP contribution in [0, 0.1) is 23.0 Å². The topological polar surface area (TPSA) is 40.9 Å². The summed E-state index contributed by atoms with van der Waals surface area (Å²) in [5, 5.41) is 10.7. The minimum absolute atomic E-state index is 0.394. The Morgan fingerprint density at radius 1 is 1.28 bits per heavy atom. The quantitative estimate of drug-likeness (QED) is 0.795. The first kappa shape index (κ1) is 12.4. The fourth-order valence-corrected chi connectivity index (χ4v) is 2.32. The Kier molecular flexibility index (Phi) is 3.49. The molecule has 2 nitrogen and oxygen atoms in total. The highest BCUT2D eigenvalue weighted by Crippen LogP contribution is 2.26. The summed E-state index contributed by atoms with van der Waals surface area (Å²) in [7, 11) is 0. The third-order valence-electron chi connectivity index (χ3n) is 2.44. The molecule has 0 aliphatic rings. The minimum atomic E-state index is -1.21. The van der Waals surface area contributed by atoms with Gasteiger partial charge in [0.15, 0.2) is 17.4 Å². The summed E-state index contributed by atoms with van der Waals surface area (Å²) in [4.78, 5) is 12.5. The van der Waals surface area contributed by atoms with Crippen molar-refractivity contribution in [2.75, 3.05) is 0 Å². The molecular weight excluding hydrogens is 256 g/mol. The van der Waals surface area contributed by atoms with Crippen LogP contribution in [0.5, 0.6) is 0 Å².